The van der Waals surface area contributed by atoms with Crippen molar-refractivity contribution >= 4 is 11.7 Å². The zero-order chi connectivity index (χ0) is 21.5. The van der Waals surface area contributed by atoms with Crippen molar-refractivity contribution in [3.63, 3.8) is 0 Å². The topological polar surface area (TPSA) is 95.3 Å². The molecule has 0 spiro atoms. The first-order valence-corrected chi connectivity index (χ1v) is 10.7. The number of hydrogen-bond donors (Lipinski definition) is 4. The van der Waals surface area contributed by atoms with E-state index in [1.54, 1.807) is 0 Å². The highest BCUT2D eigenvalue weighted by Crippen LogP contribution is 2.23. The summed E-state index contributed by atoms with van der Waals surface area (Å²) in [5.74, 6) is 0.391. The van der Waals surface area contributed by atoms with Crippen LogP contribution >= 0.6 is 0 Å². The molecule has 3 rings (SSSR count). The Morgan fingerprint density at radius 2 is 2.00 bits per heavy atom. The van der Waals surface area contributed by atoms with E-state index in [-0.39, 0.29) is 0 Å². The second-order valence-corrected chi connectivity index (χ2v) is 8.43. The van der Waals surface area contributed by atoms with Gasteiger partial charge in [-0.05, 0) is 83.6 Å². The molecule has 2 heterocycles. The average Bonchev–Trinajstić information content (AvgIpc) is 2.70. The first kappa shape index (κ1) is 22.1. The van der Waals surface area contributed by atoms with Gasteiger partial charge in [0.1, 0.15) is 5.82 Å². The lowest BCUT2D eigenvalue weighted by Crippen LogP contribution is -2.40. The molecule has 5 N–H and O–H groups in total. The predicted octanol–water partition coefficient (Wildman–Crippen LogP) is 2.26. The first-order valence-electron chi connectivity index (χ1n) is 10.7. The lowest BCUT2D eigenvalue weighted by Gasteiger charge is -2.27. The largest absolute Gasteiger partial charge is 0.382 e. The van der Waals surface area contributed by atoms with Crippen LogP contribution in [0.2, 0.25) is 0 Å². The number of carbonyl (C=O) groups is 1. The van der Waals surface area contributed by atoms with E-state index in [9.17, 15) is 4.79 Å². The lowest BCUT2D eigenvalue weighted by atomic mass is 9.99. The molecule has 2 aliphatic rings. The van der Waals surface area contributed by atoms with Crippen LogP contribution in [0.4, 0.5) is 5.82 Å². The van der Waals surface area contributed by atoms with Gasteiger partial charge >= 0.3 is 0 Å². The smallest absolute Gasteiger partial charge is 0.250 e. The Kier molecular flexibility index (Phi) is 7.65. The Hall–Kier alpha value is -2.64. The Bertz CT molecular complexity index is 832. The molecule has 1 saturated heterocycles. The molecule has 1 amide bonds. The zero-order valence-corrected chi connectivity index (χ0v) is 18.3. The number of rotatable bonds is 7. The van der Waals surface area contributed by atoms with Gasteiger partial charge in [-0.25, -0.2) is 4.98 Å². The van der Waals surface area contributed by atoms with Crippen molar-refractivity contribution in [3.8, 4) is 0 Å². The molecule has 1 aromatic heterocycles. The SMILES string of the molecule is CC1=CC(C(N)=O)=C(NC2CCNCC2)C=C(Nc2ccc(CN(C)C)cn2)CC1. The van der Waals surface area contributed by atoms with Gasteiger partial charge in [0.25, 0.3) is 5.91 Å². The van der Waals surface area contributed by atoms with E-state index < -0.39 is 5.91 Å². The Labute approximate surface area is 179 Å². The van der Waals surface area contributed by atoms with Crippen molar-refractivity contribution < 1.29 is 4.79 Å². The molecule has 0 saturated carbocycles. The summed E-state index contributed by atoms with van der Waals surface area (Å²) in [4.78, 5) is 18.9. The quantitative estimate of drug-likeness (QED) is 0.551. The van der Waals surface area contributed by atoms with Crippen molar-refractivity contribution in [3.05, 3.63) is 58.6 Å². The molecule has 30 heavy (non-hydrogen) atoms. The van der Waals surface area contributed by atoms with Crippen LogP contribution in [0.1, 0.15) is 38.2 Å². The normalized spacial score (nSPS) is 18.4. The molecule has 0 bridgehead atoms. The molecule has 0 unspecified atom stereocenters. The molecule has 7 heteroatoms. The van der Waals surface area contributed by atoms with Gasteiger partial charge in [-0.1, -0.05) is 11.6 Å². The monoisotopic (exact) mass is 410 g/mol. The van der Waals surface area contributed by atoms with Crippen molar-refractivity contribution in [1.29, 1.82) is 0 Å². The number of nitrogens with zero attached hydrogens (tertiary/aromatic N) is 2. The number of amides is 1. The van der Waals surface area contributed by atoms with E-state index in [2.05, 4.69) is 31.9 Å². The Morgan fingerprint density at radius 3 is 2.63 bits per heavy atom. The molecule has 1 fully saturated rings. The fraction of sp³-hybridized carbons (Fsp3) is 0.478. The number of carbonyl (C=O) groups excluding carboxylic acids is 1. The molecule has 7 nitrogen and oxygen atoms in total. The number of aromatic nitrogens is 1. The maximum absolute atomic E-state index is 12.2. The third kappa shape index (κ3) is 6.43. The number of nitrogens with two attached hydrogens (primary N) is 1. The summed E-state index contributed by atoms with van der Waals surface area (Å²) in [6, 6.07) is 4.41. The molecule has 0 radical (unpaired) electrons. The summed E-state index contributed by atoms with van der Waals surface area (Å²) >= 11 is 0. The minimum atomic E-state index is -0.408. The van der Waals surface area contributed by atoms with E-state index in [1.807, 2.05) is 45.4 Å². The highest BCUT2D eigenvalue weighted by molar-refractivity contribution is 5.96. The molecule has 1 aromatic rings. The van der Waals surface area contributed by atoms with Crippen LogP contribution in [0.5, 0.6) is 0 Å². The number of allylic oxidation sites excluding steroid dienone is 3. The predicted molar refractivity (Wildman–Crippen MR) is 122 cm³/mol. The van der Waals surface area contributed by atoms with Crippen LogP contribution in [-0.4, -0.2) is 49.0 Å². The molecular formula is C23H34N6O. The van der Waals surface area contributed by atoms with E-state index in [0.717, 1.165) is 68.1 Å². The van der Waals surface area contributed by atoms with Gasteiger partial charge in [-0.3, -0.25) is 4.79 Å². The number of piperidine rings is 1. The van der Waals surface area contributed by atoms with Gasteiger partial charge in [0, 0.05) is 30.2 Å². The lowest BCUT2D eigenvalue weighted by molar-refractivity contribution is -0.114. The zero-order valence-electron chi connectivity index (χ0n) is 18.3. The molecule has 0 aromatic carbocycles. The van der Waals surface area contributed by atoms with Crippen LogP contribution in [0, 0.1) is 0 Å². The number of anilines is 1. The molecule has 1 aliphatic heterocycles. The summed E-state index contributed by atoms with van der Waals surface area (Å²) in [5, 5.41) is 10.4. The standard InChI is InChI=1S/C23H34N6O/c1-16-4-6-19(28-22-7-5-17(14-26-22)15-29(2)3)13-21(20(12-16)23(24)30)27-18-8-10-25-11-9-18/h5,7,12-14,18,25,27H,4,6,8-11,15H2,1-3H3,(H2,24,30)(H,26,28). The summed E-state index contributed by atoms with van der Waals surface area (Å²) in [6.45, 7) is 4.85. The van der Waals surface area contributed by atoms with Gasteiger partial charge in [0.2, 0.25) is 0 Å². The minimum Gasteiger partial charge on any atom is -0.382 e. The second kappa shape index (κ2) is 10.4. The van der Waals surface area contributed by atoms with E-state index >= 15 is 0 Å². The third-order valence-corrected chi connectivity index (χ3v) is 5.36. The van der Waals surface area contributed by atoms with Gasteiger partial charge in [-0.15, -0.1) is 0 Å². The van der Waals surface area contributed by atoms with Crippen molar-refractivity contribution in [2.24, 2.45) is 5.73 Å². The van der Waals surface area contributed by atoms with E-state index in [1.165, 1.54) is 5.56 Å². The average molecular weight is 411 g/mol. The summed E-state index contributed by atoms with van der Waals surface area (Å²) in [7, 11) is 4.09. The molecular weight excluding hydrogens is 376 g/mol. The summed E-state index contributed by atoms with van der Waals surface area (Å²) in [6.07, 6.45) is 9.58. The highest BCUT2D eigenvalue weighted by Gasteiger charge is 2.19. The fourth-order valence-corrected chi connectivity index (χ4v) is 3.78. The molecule has 162 valence electrons. The number of primary amides is 1. The fourth-order valence-electron chi connectivity index (χ4n) is 3.78. The maximum Gasteiger partial charge on any atom is 0.250 e. The maximum atomic E-state index is 12.2. The number of nitrogens with one attached hydrogen (secondary N) is 3. The van der Waals surface area contributed by atoms with Crippen LogP contribution in [-0.2, 0) is 11.3 Å². The summed E-state index contributed by atoms with van der Waals surface area (Å²) < 4.78 is 0. The van der Waals surface area contributed by atoms with Crippen molar-refractivity contribution in [1.82, 2.24) is 20.5 Å². The minimum absolute atomic E-state index is 0.324. The van der Waals surface area contributed by atoms with E-state index in [0.29, 0.717) is 11.6 Å². The molecule has 0 atom stereocenters. The van der Waals surface area contributed by atoms with Gasteiger partial charge in [0.05, 0.1) is 5.57 Å². The van der Waals surface area contributed by atoms with Gasteiger partial charge < -0.3 is 26.6 Å². The Balaban J connectivity index is 1.85. The van der Waals surface area contributed by atoms with Crippen LogP contribution in [0.15, 0.2) is 53.0 Å². The van der Waals surface area contributed by atoms with Crippen LogP contribution < -0.4 is 21.7 Å². The highest BCUT2D eigenvalue weighted by atomic mass is 16.1. The summed E-state index contributed by atoms with van der Waals surface area (Å²) in [5.41, 5.74) is 10.4. The molecule has 1 aliphatic carbocycles. The van der Waals surface area contributed by atoms with Crippen molar-refractivity contribution in [2.75, 3.05) is 32.5 Å². The second-order valence-electron chi connectivity index (χ2n) is 8.43. The third-order valence-electron chi connectivity index (χ3n) is 5.36. The van der Waals surface area contributed by atoms with Gasteiger partial charge in [-0.2, -0.15) is 0 Å². The van der Waals surface area contributed by atoms with Gasteiger partial charge in [0.15, 0.2) is 0 Å². The van der Waals surface area contributed by atoms with Crippen LogP contribution in [0.3, 0.4) is 0 Å². The Morgan fingerprint density at radius 1 is 1.23 bits per heavy atom. The first-order chi connectivity index (χ1) is 14.4. The number of pyridine rings is 1. The van der Waals surface area contributed by atoms with Crippen molar-refractivity contribution in [2.45, 2.75) is 45.2 Å². The van der Waals surface area contributed by atoms with E-state index in [4.69, 9.17) is 5.73 Å². The van der Waals surface area contributed by atoms with Crippen LogP contribution in [0.25, 0.3) is 0 Å². The number of hydrogen-bond acceptors (Lipinski definition) is 6.